The highest BCUT2D eigenvalue weighted by Gasteiger charge is 2.30. The summed E-state index contributed by atoms with van der Waals surface area (Å²) in [5.41, 5.74) is 1.96. The summed E-state index contributed by atoms with van der Waals surface area (Å²) in [6.45, 7) is 4.90. The van der Waals surface area contributed by atoms with Crippen molar-refractivity contribution in [3.8, 4) is 0 Å². The Morgan fingerprint density at radius 3 is 2.42 bits per heavy atom. The van der Waals surface area contributed by atoms with E-state index in [1.54, 1.807) is 47.5 Å². The van der Waals surface area contributed by atoms with Crippen LogP contribution in [0.1, 0.15) is 17.0 Å². The van der Waals surface area contributed by atoms with E-state index in [1.165, 1.54) is 10.6 Å². The Hall–Kier alpha value is -3.01. The maximum atomic E-state index is 13.3. The minimum absolute atomic E-state index is 0.00537. The molecule has 3 heterocycles. The van der Waals surface area contributed by atoms with Crippen LogP contribution in [0.15, 0.2) is 76.4 Å². The van der Waals surface area contributed by atoms with Crippen molar-refractivity contribution in [3.63, 3.8) is 0 Å². The van der Waals surface area contributed by atoms with Crippen LogP contribution in [-0.4, -0.2) is 66.1 Å². The summed E-state index contributed by atoms with van der Waals surface area (Å²) < 4.78 is 33.2. The molecule has 0 spiro atoms. The average Bonchev–Trinajstić information content (AvgIpc) is 3.33. The van der Waals surface area contributed by atoms with Crippen molar-refractivity contribution in [2.75, 3.05) is 32.7 Å². The molecule has 174 valence electrons. The molecular formula is C24H28N4O4S. The fourth-order valence-electron chi connectivity index (χ4n) is 3.79. The van der Waals surface area contributed by atoms with Crippen molar-refractivity contribution < 1.29 is 17.6 Å². The fourth-order valence-corrected chi connectivity index (χ4v) is 5.14. The van der Waals surface area contributed by atoms with E-state index in [2.05, 4.69) is 9.88 Å². The lowest BCUT2D eigenvalue weighted by Gasteiger charge is -2.35. The summed E-state index contributed by atoms with van der Waals surface area (Å²) in [7, 11) is -3.87. The first-order valence-corrected chi connectivity index (χ1v) is 12.3. The highest BCUT2D eigenvalue weighted by atomic mass is 32.2. The number of aryl methyl sites for hydroxylation is 1. The van der Waals surface area contributed by atoms with Gasteiger partial charge >= 0.3 is 0 Å². The van der Waals surface area contributed by atoms with Crippen LogP contribution in [0.5, 0.6) is 0 Å². The Balaban J connectivity index is 1.43. The number of sulfonamides is 1. The Kier molecular flexibility index (Phi) is 7.22. The molecule has 0 aliphatic carbocycles. The van der Waals surface area contributed by atoms with Crippen molar-refractivity contribution in [1.29, 1.82) is 0 Å². The molecule has 0 saturated carbocycles. The van der Waals surface area contributed by atoms with Gasteiger partial charge in [-0.05, 0) is 43.3 Å². The normalized spacial score (nSPS) is 15.2. The first-order valence-electron chi connectivity index (χ1n) is 10.9. The molecule has 2 aromatic heterocycles. The predicted octanol–water partition coefficient (Wildman–Crippen LogP) is 2.52. The van der Waals surface area contributed by atoms with Crippen molar-refractivity contribution >= 4 is 15.9 Å². The van der Waals surface area contributed by atoms with E-state index in [0.717, 1.165) is 17.8 Å². The SMILES string of the molecule is Cc1ccc(S(=O)(=O)N(CC(=O)N2CCN(Cc3ccccn3)CC2)Cc2ccco2)cc1. The Labute approximate surface area is 194 Å². The molecular weight excluding hydrogens is 440 g/mol. The maximum Gasteiger partial charge on any atom is 0.243 e. The standard InChI is InChI=1S/C24H28N4O4S/c1-20-7-9-23(10-8-20)33(30,31)28(18-22-6-4-16-32-22)19-24(29)27-14-12-26(13-15-27)17-21-5-2-3-11-25-21/h2-11,16H,12-15,17-19H2,1H3. The molecule has 8 nitrogen and oxygen atoms in total. The van der Waals surface area contributed by atoms with Crippen LogP contribution in [0, 0.1) is 6.92 Å². The second kappa shape index (κ2) is 10.3. The lowest BCUT2D eigenvalue weighted by Crippen LogP contribution is -2.51. The maximum absolute atomic E-state index is 13.3. The number of hydrogen-bond acceptors (Lipinski definition) is 6. The lowest BCUT2D eigenvalue weighted by atomic mass is 10.2. The third-order valence-corrected chi connectivity index (χ3v) is 7.53. The Morgan fingerprint density at radius 1 is 1.03 bits per heavy atom. The molecule has 1 aliphatic rings. The summed E-state index contributed by atoms with van der Waals surface area (Å²) in [4.78, 5) is 21.6. The minimum Gasteiger partial charge on any atom is -0.468 e. The largest absolute Gasteiger partial charge is 0.468 e. The number of rotatable bonds is 8. The molecule has 33 heavy (non-hydrogen) atoms. The number of nitrogens with zero attached hydrogens (tertiary/aromatic N) is 4. The highest BCUT2D eigenvalue weighted by molar-refractivity contribution is 7.89. The van der Waals surface area contributed by atoms with Crippen LogP contribution in [0.25, 0.3) is 0 Å². The van der Waals surface area contributed by atoms with Gasteiger partial charge in [-0.2, -0.15) is 4.31 Å². The van der Waals surface area contributed by atoms with Gasteiger partial charge < -0.3 is 9.32 Å². The van der Waals surface area contributed by atoms with Crippen LogP contribution in [0.3, 0.4) is 0 Å². The van der Waals surface area contributed by atoms with Gasteiger partial charge in [0.2, 0.25) is 15.9 Å². The number of aromatic nitrogens is 1. The number of piperazine rings is 1. The molecule has 3 aromatic rings. The Bertz CT molecular complexity index is 1140. The zero-order chi connectivity index (χ0) is 23.3. The number of carbonyl (C=O) groups excluding carboxylic acids is 1. The summed E-state index contributed by atoms with van der Waals surface area (Å²) in [5.74, 6) is 0.272. The van der Waals surface area contributed by atoms with Gasteiger partial charge in [-0.25, -0.2) is 8.42 Å². The molecule has 1 amide bonds. The second-order valence-electron chi connectivity index (χ2n) is 8.14. The van der Waals surface area contributed by atoms with Crippen LogP contribution in [0.2, 0.25) is 0 Å². The van der Waals surface area contributed by atoms with Crippen molar-refractivity contribution in [1.82, 2.24) is 19.1 Å². The van der Waals surface area contributed by atoms with Gasteiger partial charge in [0.25, 0.3) is 0 Å². The van der Waals surface area contributed by atoms with Gasteiger partial charge in [-0.1, -0.05) is 23.8 Å². The van der Waals surface area contributed by atoms with E-state index in [4.69, 9.17) is 4.42 Å². The summed E-state index contributed by atoms with van der Waals surface area (Å²) in [6, 6.07) is 15.9. The van der Waals surface area contributed by atoms with Crippen LogP contribution >= 0.6 is 0 Å². The quantitative estimate of drug-likeness (QED) is 0.505. The fraction of sp³-hybridized carbons (Fsp3) is 0.333. The number of pyridine rings is 1. The average molecular weight is 469 g/mol. The van der Waals surface area contributed by atoms with Gasteiger partial charge in [0.15, 0.2) is 0 Å². The van der Waals surface area contributed by atoms with E-state index < -0.39 is 10.0 Å². The third kappa shape index (κ3) is 5.87. The molecule has 9 heteroatoms. The van der Waals surface area contributed by atoms with Crippen LogP contribution in [0.4, 0.5) is 0 Å². The van der Waals surface area contributed by atoms with Gasteiger partial charge in [0, 0.05) is 38.9 Å². The molecule has 0 atom stereocenters. The van der Waals surface area contributed by atoms with E-state index in [9.17, 15) is 13.2 Å². The van der Waals surface area contributed by atoms with E-state index in [-0.39, 0.29) is 23.9 Å². The zero-order valence-corrected chi connectivity index (χ0v) is 19.4. The van der Waals surface area contributed by atoms with E-state index in [1.807, 2.05) is 25.1 Å². The molecule has 1 aromatic carbocycles. The van der Waals surface area contributed by atoms with Gasteiger partial charge in [-0.15, -0.1) is 0 Å². The smallest absolute Gasteiger partial charge is 0.243 e. The van der Waals surface area contributed by atoms with E-state index in [0.29, 0.717) is 31.9 Å². The molecule has 0 N–H and O–H groups in total. The van der Waals surface area contributed by atoms with Crippen LogP contribution in [-0.2, 0) is 27.9 Å². The molecule has 1 fully saturated rings. The minimum atomic E-state index is -3.87. The van der Waals surface area contributed by atoms with Crippen molar-refractivity contribution in [2.24, 2.45) is 0 Å². The first kappa shape index (κ1) is 23.2. The third-order valence-electron chi connectivity index (χ3n) is 5.72. The zero-order valence-electron chi connectivity index (χ0n) is 18.6. The van der Waals surface area contributed by atoms with Crippen molar-refractivity contribution in [3.05, 3.63) is 84.1 Å². The van der Waals surface area contributed by atoms with E-state index >= 15 is 0 Å². The highest BCUT2D eigenvalue weighted by Crippen LogP contribution is 2.20. The summed E-state index contributed by atoms with van der Waals surface area (Å²) in [5, 5.41) is 0. The van der Waals surface area contributed by atoms with Crippen molar-refractivity contribution in [2.45, 2.75) is 24.9 Å². The predicted molar refractivity (Wildman–Crippen MR) is 124 cm³/mol. The summed E-state index contributed by atoms with van der Waals surface area (Å²) in [6.07, 6.45) is 3.27. The van der Waals surface area contributed by atoms with Gasteiger partial charge in [-0.3, -0.25) is 14.7 Å². The number of benzene rings is 1. The summed E-state index contributed by atoms with van der Waals surface area (Å²) >= 11 is 0. The Morgan fingerprint density at radius 2 is 1.79 bits per heavy atom. The van der Waals surface area contributed by atoms with Crippen LogP contribution < -0.4 is 0 Å². The molecule has 1 saturated heterocycles. The van der Waals surface area contributed by atoms with Gasteiger partial charge in [0.1, 0.15) is 5.76 Å². The number of amides is 1. The second-order valence-corrected chi connectivity index (χ2v) is 10.1. The molecule has 0 radical (unpaired) electrons. The molecule has 1 aliphatic heterocycles. The number of carbonyl (C=O) groups is 1. The molecule has 4 rings (SSSR count). The van der Waals surface area contributed by atoms with Gasteiger partial charge in [0.05, 0.1) is 29.9 Å². The molecule has 0 bridgehead atoms. The monoisotopic (exact) mass is 468 g/mol. The first-order chi connectivity index (χ1) is 15.9. The number of furan rings is 1. The lowest BCUT2D eigenvalue weighted by molar-refractivity contribution is -0.133. The topological polar surface area (TPSA) is 87.0 Å². The number of hydrogen-bond donors (Lipinski definition) is 0. The molecule has 0 unspecified atom stereocenters.